The second kappa shape index (κ2) is 15.1. The average Bonchev–Trinajstić information content (AvgIpc) is 2.94. The Labute approximate surface area is 258 Å². The number of hydrogen-bond acceptors (Lipinski definition) is 6. The number of piperidine rings is 1. The third-order valence-electron chi connectivity index (χ3n) is 6.82. The minimum absolute atomic E-state index is 0.127. The van der Waals surface area contributed by atoms with Crippen LogP contribution in [0.15, 0.2) is 72.8 Å². The van der Waals surface area contributed by atoms with E-state index in [0.29, 0.717) is 29.9 Å². The van der Waals surface area contributed by atoms with Gasteiger partial charge >= 0.3 is 6.09 Å². The van der Waals surface area contributed by atoms with Gasteiger partial charge in [-0.2, -0.15) is 0 Å². The highest BCUT2D eigenvalue weighted by molar-refractivity contribution is 6.35. The van der Waals surface area contributed by atoms with E-state index in [1.165, 1.54) is 4.90 Å². The number of likely N-dealkylation sites (tertiary alicyclic amines) is 1. The molecule has 0 aliphatic carbocycles. The maximum absolute atomic E-state index is 12.9. The van der Waals surface area contributed by atoms with Crippen LogP contribution in [0.3, 0.4) is 0 Å². The standard InChI is InChI=1S/C33H39Cl2NO6/c1-33(2,3)42-32(38)36-19-29(37)31(30(20-36)41-22-25-10-13-26(34)18-28(25)35)24-11-14-27(15-12-24)40-17-7-16-39-21-23-8-5-4-6-9-23/h4-6,8-15,18,29-31,37H,7,16-17,19-22H2,1-3H3. The predicted octanol–water partition coefficient (Wildman–Crippen LogP) is 7.26. The molecule has 42 heavy (non-hydrogen) atoms. The minimum Gasteiger partial charge on any atom is -0.494 e. The molecule has 9 heteroatoms. The quantitative estimate of drug-likeness (QED) is 0.229. The number of benzene rings is 3. The van der Waals surface area contributed by atoms with Crippen LogP contribution in [0, 0.1) is 0 Å². The molecular formula is C33H39Cl2NO6. The van der Waals surface area contributed by atoms with E-state index < -0.39 is 23.9 Å². The fourth-order valence-corrected chi connectivity index (χ4v) is 5.26. The highest BCUT2D eigenvalue weighted by Crippen LogP contribution is 2.34. The normalized spacial score (nSPS) is 19.0. The molecule has 1 N–H and O–H groups in total. The van der Waals surface area contributed by atoms with Gasteiger partial charge in [-0.3, -0.25) is 0 Å². The maximum Gasteiger partial charge on any atom is 0.410 e. The van der Waals surface area contributed by atoms with Crippen molar-refractivity contribution in [2.45, 2.75) is 64.1 Å². The van der Waals surface area contributed by atoms with E-state index in [9.17, 15) is 9.90 Å². The van der Waals surface area contributed by atoms with Crippen LogP contribution in [0.1, 0.15) is 49.8 Å². The molecule has 0 radical (unpaired) electrons. The third-order valence-corrected chi connectivity index (χ3v) is 7.41. The Morgan fingerprint density at radius 1 is 0.952 bits per heavy atom. The van der Waals surface area contributed by atoms with Crippen LogP contribution in [0.25, 0.3) is 0 Å². The Morgan fingerprint density at radius 2 is 1.69 bits per heavy atom. The van der Waals surface area contributed by atoms with E-state index in [2.05, 4.69) is 0 Å². The Kier molecular flexibility index (Phi) is 11.5. The third kappa shape index (κ3) is 9.61. The van der Waals surface area contributed by atoms with Crippen LogP contribution in [-0.4, -0.2) is 60.2 Å². The zero-order chi connectivity index (χ0) is 30.1. The lowest BCUT2D eigenvalue weighted by atomic mass is 9.84. The van der Waals surface area contributed by atoms with Crippen LogP contribution in [0.4, 0.5) is 4.79 Å². The summed E-state index contributed by atoms with van der Waals surface area (Å²) in [6.07, 6.45) is -1.11. The molecule has 3 unspecified atom stereocenters. The number of aliphatic hydroxyl groups excluding tert-OH is 1. The molecule has 7 nitrogen and oxygen atoms in total. The number of hydrogen-bond donors (Lipinski definition) is 1. The van der Waals surface area contributed by atoms with Crippen molar-refractivity contribution in [3.8, 4) is 5.75 Å². The van der Waals surface area contributed by atoms with Gasteiger partial charge in [-0.05, 0) is 61.7 Å². The number of rotatable bonds is 11. The minimum atomic E-state index is -0.870. The van der Waals surface area contributed by atoms with Crippen LogP contribution >= 0.6 is 23.2 Å². The molecule has 0 aromatic heterocycles. The summed E-state index contributed by atoms with van der Waals surface area (Å²) in [6, 6.07) is 22.9. The molecule has 1 fully saturated rings. The van der Waals surface area contributed by atoms with Crippen LogP contribution < -0.4 is 4.74 Å². The molecule has 1 aliphatic rings. The van der Waals surface area contributed by atoms with E-state index in [0.717, 1.165) is 28.9 Å². The van der Waals surface area contributed by atoms with Crippen LogP contribution in [0.5, 0.6) is 5.75 Å². The topological polar surface area (TPSA) is 77.5 Å². The Hall–Kier alpha value is -2.81. The lowest BCUT2D eigenvalue weighted by Gasteiger charge is -2.42. The Balaban J connectivity index is 1.37. The van der Waals surface area contributed by atoms with Crippen molar-refractivity contribution in [3.63, 3.8) is 0 Å². The van der Waals surface area contributed by atoms with Gasteiger partial charge in [-0.1, -0.05) is 71.7 Å². The summed E-state index contributed by atoms with van der Waals surface area (Å²) in [5.41, 5.74) is 2.14. The van der Waals surface area contributed by atoms with Gasteiger partial charge in [0.1, 0.15) is 11.4 Å². The largest absolute Gasteiger partial charge is 0.494 e. The number of ether oxygens (including phenoxy) is 4. The van der Waals surface area contributed by atoms with Gasteiger partial charge in [0, 0.05) is 22.4 Å². The predicted molar refractivity (Wildman–Crippen MR) is 164 cm³/mol. The zero-order valence-electron chi connectivity index (χ0n) is 24.3. The van der Waals surface area contributed by atoms with E-state index in [1.807, 2.05) is 81.4 Å². The molecule has 1 saturated heterocycles. The SMILES string of the molecule is CC(C)(C)OC(=O)N1CC(O)C(c2ccc(OCCCOCc3ccccc3)cc2)C(OCc2ccc(Cl)cc2Cl)C1. The van der Waals surface area contributed by atoms with Gasteiger partial charge in [0.15, 0.2) is 0 Å². The monoisotopic (exact) mass is 615 g/mol. The first-order chi connectivity index (χ1) is 20.1. The van der Waals surface area contributed by atoms with E-state index in [4.69, 9.17) is 42.1 Å². The summed E-state index contributed by atoms with van der Waals surface area (Å²) >= 11 is 12.4. The molecule has 3 aromatic carbocycles. The first kappa shape index (κ1) is 32.1. The lowest BCUT2D eigenvalue weighted by molar-refractivity contribution is -0.0755. The highest BCUT2D eigenvalue weighted by atomic mass is 35.5. The number of halogens is 2. The Morgan fingerprint density at radius 3 is 2.38 bits per heavy atom. The molecule has 0 saturated carbocycles. The van der Waals surface area contributed by atoms with Crippen molar-refractivity contribution in [3.05, 3.63) is 99.5 Å². The van der Waals surface area contributed by atoms with Gasteiger partial charge in [0.05, 0.1) is 51.7 Å². The number of nitrogens with zero attached hydrogens (tertiary/aromatic N) is 1. The van der Waals surface area contributed by atoms with Crippen molar-refractivity contribution in [2.75, 3.05) is 26.3 Å². The second-order valence-corrected chi connectivity index (χ2v) is 12.2. The van der Waals surface area contributed by atoms with Crippen LogP contribution in [0.2, 0.25) is 10.0 Å². The number of β-amino-alcohol motifs (C(OH)–C–C–N with tert-alkyl or cyclic N) is 1. The van der Waals surface area contributed by atoms with E-state index in [-0.39, 0.29) is 25.6 Å². The van der Waals surface area contributed by atoms with E-state index in [1.54, 1.807) is 12.1 Å². The molecule has 3 atom stereocenters. The van der Waals surface area contributed by atoms with Crippen molar-refractivity contribution in [1.29, 1.82) is 0 Å². The molecule has 1 aliphatic heterocycles. The van der Waals surface area contributed by atoms with Crippen molar-refractivity contribution in [1.82, 2.24) is 4.90 Å². The fraction of sp³-hybridized carbons (Fsp3) is 0.424. The van der Waals surface area contributed by atoms with Crippen molar-refractivity contribution in [2.24, 2.45) is 0 Å². The van der Waals surface area contributed by atoms with Gasteiger partial charge in [0.25, 0.3) is 0 Å². The second-order valence-electron chi connectivity index (χ2n) is 11.4. The lowest BCUT2D eigenvalue weighted by Crippen LogP contribution is -2.54. The van der Waals surface area contributed by atoms with Gasteiger partial charge in [0.2, 0.25) is 0 Å². The van der Waals surface area contributed by atoms with Gasteiger partial charge in [-0.15, -0.1) is 0 Å². The fourth-order valence-electron chi connectivity index (χ4n) is 4.80. The highest BCUT2D eigenvalue weighted by Gasteiger charge is 2.40. The first-order valence-electron chi connectivity index (χ1n) is 14.1. The number of amides is 1. The molecule has 3 aromatic rings. The summed E-state index contributed by atoms with van der Waals surface area (Å²) in [5, 5.41) is 12.3. The van der Waals surface area contributed by atoms with Gasteiger partial charge in [-0.25, -0.2) is 4.79 Å². The molecule has 0 bridgehead atoms. The summed E-state index contributed by atoms with van der Waals surface area (Å²) in [6.45, 7) is 7.72. The molecule has 0 spiro atoms. The van der Waals surface area contributed by atoms with Gasteiger partial charge < -0.3 is 29.0 Å². The summed E-state index contributed by atoms with van der Waals surface area (Å²) in [5.74, 6) is 0.350. The van der Waals surface area contributed by atoms with E-state index >= 15 is 0 Å². The summed E-state index contributed by atoms with van der Waals surface area (Å²) in [4.78, 5) is 14.4. The number of carbonyl (C=O) groups is 1. The summed E-state index contributed by atoms with van der Waals surface area (Å²) in [7, 11) is 0. The van der Waals surface area contributed by atoms with Crippen molar-refractivity contribution < 1.29 is 28.8 Å². The maximum atomic E-state index is 12.9. The number of carbonyl (C=O) groups excluding carboxylic acids is 1. The van der Waals surface area contributed by atoms with Crippen LogP contribution in [-0.2, 0) is 27.4 Å². The zero-order valence-corrected chi connectivity index (χ0v) is 25.8. The summed E-state index contributed by atoms with van der Waals surface area (Å²) < 4.78 is 23.5. The molecule has 4 rings (SSSR count). The Bertz CT molecular complexity index is 1280. The average molecular weight is 617 g/mol. The smallest absolute Gasteiger partial charge is 0.410 e. The molecule has 1 amide bonds. The van der Waals surface area contributed by atoms with Crippen molar-refractivity contribution >= 4 is 29.3 Å². The molecule has 1 heterocycles. The number of aliphatic hydroxyl groups is 1. The first-order valence-corrected chi connectivity index (χ1v) is 14.9. The molecule has 226 valence electrons. The molecular weight excluding hydrogens is 577 g/mol.